The van der Waals surface area contributed by atoms with E-state index < -0.39 is 0 Å². The Morgan fingerprint density at radius 2 is 2.04 bits per heavy atom. The molecule has 1 heterocycles. The SMILES string of the molecule is Cc1ccc(NC(=O)CSc2ncnc3ccccc23)c(Cl)c1. The second kappa shape index (κ2) is 6.98. The van der Waals surface area contributed by atoms with Crippen molar-refractivity contribution < 1.29 is 4.79 Å². The fourth-order valence-electron chi connectivity index (χ4n) is 2.14. The minimum atomic E-state index is -0.122. The van der Waals surface area contributed by atoms with Crippen LogP contribution in [0.2, 0.25) is 5.02 Å². The Morgan fingerprint density at radius 1 is 1.22 bits per heavy atom. The van der Waals surface area contributed by atoms with Gasteiger partial charge < -0.3 is 5.32 Å². The number of aryl methyl sites for hydroxylation is 1. The zero-order valence-corrected chi connectivity index (χ0v) is 14.0. The number of fused-ring (bicyclic) bond motifs is 1. The third-order valence-corrected chi connectivity index (χ3v) is 4.56. The molecular weight excluding hydrogens is 330 g/mol. The first-order valence-electron chi connectivity index (χ1n) is 7.02. The minimum Gasteiger partial charge on any atom is -0.324 e. The molecule has 0 bridgehead atoms. The summed E-state index contributed by atoms with van der Waals surface area (Å²) in [6, 6.07) is 13.3. The predicted molar refractivity (Wildman–Crippen MR) is 95.1 cm³/mol. The van der Waals surface area contributed by atoms with Crippen molar-refractivity contribution in [1.82, 2.24) is 9.97 Å². The summed E-state index contributed by atoms with van der Waals surface area (Å²) in [4.78, 5) is 20.6. The largest absolute Gasteiger partial charge is 0.324 e. The summed E-state index contributed by atoms with van der Waals surface area (Å²) in [6.07, 6.45) is 1.51. The van der Waals surface area contributed by atoms with Crippen molar-refractivity contribution in [3.8, 4) is 0 Å². The van der Waals surface area contributed by atoms with Crippen LogP contribution in [0.25, 0.3) is 10.9 Å². The van der Waals surface area contributed by atoms with Gasteiger partial charge in [-0.3, -0.25) is 4.79 Å². The number of thioether (sulfide) groups is 1. The third-order valence-electron chi connectivity index (χ3n) is 3.24. The number of hydrogen-bond donors (Lipinski definition) is 1. The fraction of sp³-hybridized carbons (Fsp3) is 0.118. The van der Waals surface area contributed by atoms with Crippen LogP contribution in [-0.4, -0.2) is 21.6 Å². The average Bonchev–Trinajstić information content (AvgIpc) is 2.55. The molecule has 0 saturated heterocycles. The van der Waals surface area contributed by atoms with Crippen molar-refractivity contribution in [2.45, 2.75) is 11.9 Å². The van der Waals surface area contributed by atoms with Gasteiger partial charge in [0.2, 0.25) is 5.91 Å². The van der Waals surface area contributed by atoms with Gasteiger partial charge in [-0.1, -0.05) is 47.6 Å². The van der Waals surface area contributed by atoms with Crippen LogP contribution < -0.4 is 5.32 Å². The van der Waals surface area contributed by atoms with E-state index >= 15 is 0 Å². The van der Waals surface area contributed by atoms with Gasteiger partial charge in [0.25, 0.3) is 0 Å². The van der Waals surface area contributed by atoms with Crippen molar-refractivity contribution in [1.29, 1.82) is 0 Å². The Kier molecular flexibility index (Phi) is 4.79. The van der Waals surface area contributed by atoms with E-state index in [9.17, 15) is 4.79 Å². The first kappa shape index (κ1) is 15.8. The first-order valence-corrected chi connectivity index (χ1v) is 8.38. The van der Waals surface area contributed by atoms with Crippen molar-refractivity contribution in [3.05, 3.63) is 59.4 Å². The molecule has 1 aromatic heterocycles. The van der Waals surface area contributed by atoms with Crippen LogP contribution in [0.3, 0.4) is 0 Å². The zero-order chi connectivity index (χ0) is 16.2. The molecule has 0 saturated carbocycles. The standard InChI is InChI=1S/C17H14ClN3OS/c1-11-6-7-15(13(18)8-11)21-16(22)9-23-17-12-4-2-3-5-14(12)19-10-20-17/h2-8,10H,9H2,1H3,(H,21,22). The molecule has 3 aromatic rings. The van der Waals surface area contributed by atoms with Gasteiger partial charge in [0.05, 0.1) is 22.0 Å². The van der Waals surface area contributed by atoms with E-state index in [0.717, 1.165) is 21.5 Å². The highest BCUT2D eigenvalue weighted by Crippen LogP contribution is 2.26. The molecule has 0 fully saturated rings. The van der Waals surface area contributed by atoms with Crippen LogP contribution in [0.1, 0.15) is 5.56 Å². The van der Waals surface area contributed by atoms with Crippen molar-refractivity contribution >= 4 is 45.9 Å². The summed E-state index contributed by atoms with van der Waals surface area (Å²) in [7, 11) is 0. The number of anilines is 1. The molecule has 116 valence electrons. The van der Waals surface area contributed by atoms with Gasteiger partial charge in [-0.15, -0.1) is 0 Å². The number of hydrogen-bond acceptors (Lipinski definition) is 4. The van der Waals surface area contributed by atoms with Gasteiger partial charge in [-0.05, 0) is 30.7 Å². The number of carbonyl (C=O) groups excluding carboxylic acids is 1. The van der Waals surface area contributed by atoms with Gasteiger partial charge in [-0.2, -0.15) is 0 Å². The second-order valence-corrected chi connectivity index (χ2v) is 6.39. The third kappa shape index (κ3) is 3.81. The van der Waals surface area contributed by atoms with Crippen LogP contribution in [0.15, 0.2) is 53.8 Å². The molecular formula is C17H14ClN3OS. The normalized spacial score (nSPS) is 10.7. The highest BCUT2D eigenvalue weighted by molar-refractivity contribution is 8.00. The van der Waals surface area contributed by atoms with E-state index in [2.05, 4.69) is 15.3 Å². The number of carbonyl (C=O) groups is 1. The molecule has 0 atom stereocenters. The summed E-state index contributed by atoms with van der Waals surface area (Å²) in [6.45, 7) is 1.95. The average molecular weight is 344 g/mol. The summed E-state index contributed by atoms with van der Waals surface area (Å²) in [5.74, 6) is 0.133. The van der Waals surface area contributed by atoms with Crippen molar-refractivity contribution in [3.63, 3.8) is 0 Å². The smallest absolute Gasteiger partial charge is 0.234 e. The molecule has 0 aliphatic heterocycles. The molecule has 1 amide bonds. The highest BCUT2D eigenvalue weighted by Gasteiger charge is 2.09. The Labute approximate surface area is 143 Å². The molecule has 3 rings (SSSR count). The number of amides is 1. The number of rotatable bonds is 4. The Balaban J connectivity index is 1.69. The molecule has 0 spiro atoms. The van der Waals surface area contributed by atoms with E-state index in [1.54, 1.807) is 6.07 Å². The van der Waals surface area contributed by atoms with Crippen LogP contribution in [0.4, 0.5) is 5.69 Å². The van der Waals surface area contributed by atoms with E-state index in [1.165, 1.54) is 18.1 Å². The van der Waals surface area contributed by atoms with Crippen LogP contribution >= 0.6 is 23.4 Å². The number of nitrogens with one attached hydrogen (secondary N) is 1. The van der Waals surface area contributed by atoms with E-state index in [4.69, 9.17) is 11.6 Å². The summed E-state index contributed by atoms with van der Waals surface area (Å²) < 4.78 is 0. The Morgan fingerprint density at radius 3 is 2.87 bits per heavy atom. The van der Waals surface area contributed by atoms with E-state index in [1.807, 2.05) is 43.3 Å². The van der Waals surface area contributed by atoms with Gasteiger partial charge in [0.1, 0.15) is 11.4 Å². The Bertz CT molecular complexity index is 864. The molecule has 1 N–H and O–H groups in total. The fourth-order valence-corrected chi connectivity index (χ4v) is 3.21. The Hall–Kier alpha value is -2.11. The number of aromatic nitrogens is 2. The zero-order valence-electron chi connectivity index (χ0n) is 12.4. The van der Waals surface area contributed by atoms with Crippen LogP contribution in [0, 0.1) is 6.92 Å². The maximum absolute atomic E-state index is 12.1. The number of halogens is 1. The molecule has 6 heteroatoms. The molecule has 0 radical (unpaired) electrons. The maximum Gasteiger partial charge on any atom is 0.234 e. The lowest BCUT2D eigenvalue weighted by Crippen LogP contribution is -2.14. The van der Waals surface area contributed by atoms with Crippen molar-refractivity contribution in [2.24, 2.45) is 0 Å². The topological polar surface area (TPSA) is 54.9 Å². The van der Waals surface area contributed by atoms with Crippen LogP contribution in [-0.2, 0) is 4.79 Å². The second-order valence-electron chi connectivity index (χ2n) is 5.02. The lowest BCUT2D eigenvalue weighted by atomic mass is 10.2. The monoisotopic (exact) mass is 343 g/mol. The number of para-hydroxylation sites is 1. The molecule has 0 unspecified atom stereocenters. The molecule has 0 aliphatic rings. The molecule has 0 aliphatic carbocycles. The minimum absolute atomic E-state index is 0.122. The predicted octanol–water partition coefficient (Wildman–Crippen LogP) is 4.32. The van der Waals surface area contributed by atoms with Gasteiger partial charge in [-0.25, -0.2) is 9.97 Å². The lowest BCUT2D eigenvalue weighted by Gasteiger charge is -2.08. The van der Waals surface area contributed by atoms with Gasteiger partial charge in [0.15, 0.2) is 0 Å². The van der Waals surface area contributed by atoms with Gasteiger partial charge >= 0.3 is 0 Å². The maximum atomic E-state index is 12.1. The van der Waals surface area contributed by atoms with Crippen LogP contribution in [0.5, 0.6) is 0 Å². The lowest BCUT2D eigenvalue weighted by molar-refractivity contribution is -0.113. The summed E-state index contributed by atoms with van der Waals surface area (Å²) in [5.41, 5.74) is 2.54. The number of nitrogens with zero attached hydrogens (tertiary/aromatic N) is 2. The van der Waals surface area contributed by atoms with E-state index in [0.29, 0.717) is 10.7 Å². The molecule has 4 nitrogen and oxygen atoms in total. The summed E-state index contributed by atoms with van der Waals surface area (Å²) >= 11 is 7.51. The molecule has 2 aromatic carbocycles. The summed E-state index contributed by atoms with van der Waals surface area (Å²) in [5, 5.41) is 5.10. The number of benzene rings is 2. The highest BCUT2D eigenvalue weighted by atomic mass is 35.5. The molecule has 23 heavy (non-hydrogen) atoms. The van der Waals surface area contributed by atoms with Gasteiger partial charge in [0, 0.05) is 5.39 Å². The van der Waals surface area contributed by atoms with E-state index in [-0.39, 0.29) is 11.7 Å². The quantitative estimate of drug-likeness (QED) is 0.566. The first-order chi connectivity index (χ1) is 11.1. The van der Waals surface area contributed by atoms with Crippen molar-refractivity contribution in [2.75, 3.05) is 11.1 Å².